The van der Waals surface area contributed by atoms with Gasteiger partial charge in [0.1, 0.15) is 18.2 Å². The number of carbonyl (C=O) groups is 1. The van der Waals surface area contributed by atoms with Crippen LogP contribution in [0.4, 0.5) is 5.69 Å². The minimum Gasteiger partial charge on any atom is -0.492 e. The van der Waals surface area contributed by atoms with Crippen LogP contribution in [0, 0.1) is 0 Å². The number of fused-ring (bicyclic) bond motifs is 1. The maximum Gasteiger partial charge on any atom is 0.227 e. The van der Waals surface area contributed by atoms with Gasteiger partial charge < -0.3 is 14.2 Å². The van der Waals surface area contributed by atoms with Gasteiger partial charge in [-0.1, -0.05) is 48.0 Å². The summed E-state index contributed by atoms with van der Waals surface area (Å²) >= 11 is 6.14. The summed E-state index contributed by atoms with van der Waals surface area (Å²) in [5.74, 6) is 1.87. The zero-order valence-corrected chi connectivity index (χ0v) is 17.7. The zero-order valence-electron chi connectivity index (χ0n) is 16.9. The number of halogens is 1. The van der Waals surface area contributed by atoms with Crippen molar-refractivity contribution < 1.29 is 9.53 Å². The molecule has 0 radical (unpaired) electrons. The van der Waals surface area contributed by atoms with Crippen LogP contribution < -0.4 is 9.64 Å². The number of hydrogen-bond donors (Lipinski definition) is 0. The Kier molecular flexibility index (Phi) is 5.35. The first kappa shape index (κ1) is 19.6. The summed E-state index contributed by atoms with van der Waals surface area (Å²) in [7, 11) is 0. The highest BCUT2D eigenvalue weighted by Crippen LogP contribution is 2.34. The van der Waals surface area contributed by atoms with Crippen LogP contribution in [-0.2, 0) is 11.3 Å². The van der Waals surface area contributed by atoms with Crippen LogP contribution in [0.5, 0.6) is 5.75 Å². The third-order valence-electron chi connectivity index (χ3n) is 5.62. The van der Waals surface area contributed by atoms with Crippen LogP contribution >= 0.6 is 11.6 Å². The molecule has 1 aromatic heterocycles. The maximum atomic E-state index is 12.8. The number of rotatable bonds is 6. The van der Waals surface area contributed by atoms with Gasteiger partial charge in [0, 0.05) is 29.6 Å². The van der Waals surface area contributed by atoms with Gasteiger partial charge in [-0.05, 0) is 42.5 Å². The van der Waals surface area contributed by atoms with Gasteiger partial charge in [-0.15, -0.1) is 0 Å². The topological polar surface area (TPSA) is 47.4 Å². The van der Waals surface area contributed by atoms with Crippen molar-refractivity contribution >= 4 is 34.2 Å². The van der Waals surface area contributed by atoms with Crippen LogP contribution in [0.2, 0.25) is 5.02 Å². The van der Waals surface area contributed by atoms with E-state index in [1.807, 2.05) is 72.8 Å². The summed E-state index contributed by atoms with van der Waals surface area (Å²) in [6.07, 6.45) is 0.426. The zero-order chi connectivity index (χ0) is 21.2. The molecule has 1 aliphatic rings. The number of carbonyl (C=O) groups excluding carboxylic acids is 1. The quantitative estimate of drug-likeness (QED) is 0.416. The average Bonchev–Trinajstić information content (AvgIpc) is 3.35. The van der Waals surface area contributed by atoms with E-state index in [-0.39, 0.29) is 11.8 Å². The van der Waals surface area contributed by atoms with Crippen molar-refractivity contribution in [3.05, 3.63) is 89.7 Å². The molecule has 156 valence electrons. The number of hydrogen-bond acceptors (Lipinski definition) is 3. The Labute approximate surface area is 185 Å². The van der Waals surface area contributed by atoms with Gasteiger partial charge in [0.15, 0.2) is 0 Å². The van der Waals surface area contributed by atoms with Gasteiger partial charge in [0.25, 0.3) is 0 Å². The number of benzene rings is 3. The maximum absolute atomic E-state index is 12.8. The Hall–Kier alpha value is -3.31. The number of imidazole rings is 1. The third kappa shape index (κ3) is 4.01. The van der Waals surface area contributed by atoms with Gasteiger partial charge in [-0.2, -0.15) is 0 Å². The van der Waals surface area contributed by atoms with E-state index >= 15 is 0 Å². The highest BCUT2D eigenvalue weighted by molar-refractivity contribution is 6.30. The predicted octanol–water partition coefficient (Wildman–Crippen LogP) is 5.29. The first-order chi connectivity index (χ1) is 15.2. The first-order valence-corrected chi connectivity index (χ1v) is 10.8. The second-order valence-electron chi connectivity index (χ2n) is 7.66. The number of amides is 1. The smallest absolute Gasteiger partial charge is 0.227 e. The van der Waals surface area contributed by atoms with Crippen molar-refractivity contribution in [2.75, 3.05) is 18.1 Å². The molecule has 1 unspecified atom stereocenters. The first-order valence-electron chi connectivity index (χ1n) is 10.4. The molecule has 5 rings (SSSR count). The van der Waals surface area contributed by atoms with E-state index in [0.29, 0.717) is 31.1 Å². The number of anilines is 1. The fourth-order valence-electron chi connectivity index (χ4n) is 4.19. The van der Waals surface area contributed by atoms with Crippen molar-refractivity contribution in [1.29, 1.82) is 0 Å². The summed E-state index contributed by atoms with van der Waals surface area (Å²) in [6, 6.07) is 25.3. The second kappa shape index (κ2) is 8.44. The second-order valence-corrected chi connectivity index (χ2v) is 8.09. The van der Waals surface area contributed by atoms with Crippen molar-refractivity contribution in [3.8, 4) is 5.75 Å². The molecule has 0 spiro atoms. The molecule has 2 heterocycles. The lowest BCUT2D eigenvalue weighted by Gasteiger charge is -2.18. The van der Waals surface area contributed by atoms with Gasteiger partial charge in [0.2, 0.25) is 5.91 Å². The molecule has 5 nitrogen and oxygen atoms in total. The predicted molar refractivity (Wildman–Crippen MR) is 123 cm³/mol. The van der Waals surface area contributed by atoms with Gasteiger partial charge in [-0.3, -0.25) is 4.79 Å². The summed E-state index contributed by atoms with van der Waals surface area (Å²) in [5, 5.41) is 0.624. The van der Waals surface area contributed by atoms with Gasteiger partial charge in [-0.25, -0.2) is 4.98 Å². The molecule has 1 aliphatic heterocycles. The number of para-hydroxylation sites is 3. The molecule has 4 aromatic rings. The van der Waals surface area contributed by atoms with Crippen molar-refractivity contribution in [1.82, 2.24) is 9.55 Å². The molecule has 6 heteroatoms. The Bertz CT molecular complexity index is 1220. The van der Waals surface area contributed by atoms with Gasteiger partial charge >= 0.3 is 0 Å². The van der Waals surface area contributed by atoms with E-state index in [1.54, 1.807) is 4.90 Å². The number of nitrogens with zero attached hydrogens (tertiary/aromatic N) is 3. The monoisotopic (exact) mass is 431 g/mol. The minimum atomic E-state index is 0.00982. The highest BCUT2D eigenvalue weighted by Gasteiger charge is 2.34. The minimum absolute atomic E-state index is 0.00982. The van der Waals surface area contributed by atoms with Crippen LogP contribution in [-0.4, -0.2) is 28.6 Å². The Balaban J connectivity index is 1.41. The fraction of sp³-hybridized carbons (Fsp3) is 0.200. The van der Waals surface area contributed by atoms with Crippen molar-refractivity contribution in [2.24, 2.45) is 0 Å². The molecule has 1 atom stereocenters. The molecule has 3 aromatic carbocycles. The summed E-state index contributed by atoms with van der Waals surface area (Å²) in [5.41, 5.74) is 2.82. The molecule has 0 aliphatic carbocycles. The molecule has 1 saturated heterocycles. The van der Waals surface area contributed by atoms with Crippen molar-refractivity contribution in [3.63, 3.8) is 0 Å². The van der Waals surface area contributed by atoms with Crippen molar-refractivity contribution in [2.45, 2.75) is 18.9 Å². The Morgan fingerprint density at radius 3 is 2.65 bits per heavy atom. The van der Waals surface area contributed by atoms with Crippen LogP contribution in [0.3, 0.4) is 0 Å². The SMILES string of the molecule is O=C1CC(c2nc3ccccc3n2CCOc2ccccc2)CN1c1cccc(Cl)c1. The molecule has 31 heavy (non-hydrogen) atoms. The van der Waals surface area contributed by atoms with E-state index in [2.05, 4.69) is 10.6 Å². The molecule has 0 bridgehead atoms. The fourth-order valence-corrected chi connectivity index (χ4v) is 4.37. The van der Waals surface area contributed by atoms with E-state index in [0.717, 1.165) is 28.3 Å². The van der Waals surface area contributed by atoms with E-state index in [4.69, 9.17) is 21.3 Å². The standard InChI is InChI=1S/C25H22ClN3O2/c26-19-7-6-8-20(16-19)29-17-18(15-24(29)30)25-27-22-11-4-5-12-23(22)28(25)13-14-31-21-9-2-1-3-10-21/h1-12,16,18H,13-15,17H2. The lowest BCUT2D eigenvalue weighted by Crippen LogP contribution is -2.24. The Morgan fingerprint density at radius 2 is 1.81 bits per heavy atom. The Morgan fingerprint density at radius 1 is 1.00 bits per heavy atom. The number of ether oxygens (including phenoxy) is 1. The van der Waals surface area contributed by atoms with E-state index < -0.39 is 0 Å². The van der Waals surface area contributed by atoms with E-state index in [9.17, 15) is 4.79 Å². The molecular formula is C25H22ClN3O2. The lowest BCUT2D eigenvalue weighted by molar-refractivity contribution is -0.117. The van der Waals surface area contributed by atoms with Gasteiger partial charge in [0.05, 0.1) is 17.6 Å². The largest absolute Gasteiger partial charge is 0.492 e. The molecular weight excluding hydrogens is 410 g/mol. The average molecular weight is 432 g/mol. The molecule has 1 amide bonds. The third-order valence-corrected chi connectivity index (χ3v) is 5.86. The normalized spacial score (nSPS) is 16.2. The molecule has 0 N–H and O–H groups in total. The summed E-state index contributed by atoms with van der Waals surface area (Å²) in [4.78, 5) is 19.5. The van der Waals surface area contributed by atoms with Crippen LogP contribution in [0.1, 0.15) is 18.2 Å². The highest BCUT2D eigenvalue weighted by atomic mass is 35.5. The summed E-state index contributed by atoms with van der Waals surface area (Å²) < 4.78 is 8.12. The van der Waals surface area contributed by atoms with Crippen LogP contribution in [0.15, 0.2) is 78.9 Å². The summed E-state index contributed by atoms with van der Waals surface area (Å²) in [6.45, 7) is 1.77. The van der Waals surface area contributed by atoms with Crippen LogP contribution in [0.25, 0.3) is 11.0 Å². The lowest BCUT2D eigenvalue weighted by atomic mass is 10.1. The molecule has 0 saturated carbocycles. The molecule has 1 fully saturated rings. The van der Waals surface area contributed by atoms with E-state index in [1.165, 1.54) is 0 Å². The number of aromatic nitrogens is 2.